The van der Waals surface area contributed by atoms with E-state index in [2.05, 4.69) is 18.9 Å². The molecule has 0 aliphatic carbocycles. The Morgan fingerprint density at radius 2 is 2.04 bits per heavy atom. The van der Waals surface area contributed by atoms with Crippen LogP contribution in [0.1, 0.15) is 61.8 Å². The quantitative estimate of drug-likeness (QED) is 0.691. The van der Waals surface area contributed by atoms with Crippen LogP contribution in [0.25, 0.3) is 0 Å². The summed E-state index contributed by atoms with van der Waals surface area (Å²) < 4.78 is 14.9. The van der Waals surface area contributed by atoms with Gasteiger partial charge in [0.15, 0.2) is 0 Å². The molecule has 1 aromatic carbocycles. The third-order valence-electron chi connectivity index (χ3n) is 5.53. The van der Waals surface area contributed by atoms with Crippen LogP contribution in [0.4, 0.5) is 4.39 Å². The molecule has 0 saturated carbocycles. The minimum atomic E-state index is -0.192. The van der Waals surface area contributed by atoms with Gasteiger partial charge in [-0.2, -0.15) is 5.10 Å². The predicted octanol–water partition coefficient (Wildman–Crippen LogP) is 4.73. The van der Waals surface area contributed by atoms with Gasteiger partial charge in [-0.15, -0.1) is 0 Å². The van der Waals surface area contributed by atoms with Crippen LogP contribution in [0.3, 0.4) is 0 Å². The van der Waals surface area contributed by atoms with Gasteiger partial charge in [-0.05, 0) is 74.6 Å². The van der Waals surface area contributed by atoms with E-state index < -0.39 is 0 Å². The summed E-state index contributed by atoms with van der Waals surface area (Å²) in [7, 11) is 0. The molecule has 1 fully saturated rings. The molecule has 2 heterocycles. The number of hydrogen-bond donors (Lipinski definition) is 0. The highest BCUT2D eigenvalue weighted by Crippen LogP contribution is 2.23. The number of nitrogens with zero attached hydrogens (tertiary/aromatic N) is 3. The Morgan fingerprint density at radius 3 is 2.71 bits per heavy atom. The molecule has 0 unspecified atom stereocenters. The topological polar surface area (TPSA) is 38.1 Å². The number of hydrogen-bond acceptors (Lipinski definition) is 2. The Kier molecular flexibility index (Phi) is 6.87. The molecule has 2 aromatic rings. The van der Waals surface area contributed by atoms with Crippen molar-refractivity contribution >= 4 is 5.91 Å². The van der Waals surface area contributed by atoms with Gasteiger partial charge >= 0.3 is 0 Å². The van der Waals surface area contributed by atoms with Gasteiger partial charge in [0.1, 0.15) is 11.5 Å². The van der Waals surface area contributed by atoms with E-state index in [1.54, 1.807) is 0 Å². The summed E-state index contributed by atoms with van der Waals surface area (Å²) in [5.41, 5.74) is 2.88. The second-order valence-electron chi connectivity index (χ2n) is 8.36. The van der Waals surface area contributed by atoms with Crippen LogP contribution >= 0.6 is 0 Å². The first-order valence-corrected chi connectivity index (χ1v) is 10.6. The normalized spacial score (nSPS) is 17.3. The Bertz CT molecular complexity index is 782. The van der Waals surface area contributed by atoms with E-state index in [1.807, 2.05) is 34.7 Å². The summed E-state index contributed by atoms with van der Waals surface area (Å²) in [6, 6.07) is 8.74. The fourth-order valence-corrected chi connectivity index (χ4v) is 4.07. The van der Waals surface area contributed by atoms with E-state index >= 15 is 0 Å². The molecule has 3 rings (SSSR count). The van der Waals surface area contributed by atoms with Crippen LogP contribution in [0, 0.1) is 17.7 Å². The zero-order valence-corrected chi connectivity index (χ0v) is 17.3. The summed E-state index contributed by atoms with van der Waals surface area (Å²) >= 11 is 0. The minimum Gasteiger partial charge on any atom is -0.337 e. The van der Waals surface area contributed by atoms with Gasteiger partial charge in [0.25, 0.3) is 5.91 Å². The van der Waals surface area contributed by atoms with Crippen molar-refractivity contribution in [3.05, 3.63) is 53.1 Å². The number of aryl methyl sites for hydroxylation is 2. The molecule has 0 bridgehead atoms. The fraction of sp³-hybridized carbons (Fsp3) is 0.565. The molecule has 1 aliphatic heterocycles. The zero-order chi connectivity index (χ0) is 20.1. The summed E-state index contributed by atoms with van der Waals surface area (Å²) in [5.74, 6) is 0.934. The number of carbonyl (C=O) groups is 1. The van der Waals surface area contributed by atoms with Crippen molar-refractivity contribution in [3.63, 3.8) is 0 Å². The third-order valence-corrected chi connectivity index (χ3v) is 5.53. The minimum absolute atomic E-state index is 0.107. The van der Waals surface area contributed by atoms with Gasteiger partial charge in [-0.3, -0.25) is 9.48 Å². The predicted molar refractivity (Wildman–Crippen MR) is 110 cm³/mol. The van der Waals surface area contributed by atoms with Crippen molar-refractivity contribution in [2.75, 3.05) is 13.1 Å². The van der Waals surface area contributed by atoms with Crippen molar-refractivity contribution in [1.82, 2.24) is 14.7 Å². The standard InChI is InChI=1S/C23H32FN3O/c1-4-27-22(15-21(25-27)14-17(2)3)23(28)26-13-5-6-19(16-26)8-7-18-9-11-20(24)12-10-18/h9-12,15,17,19H,4-8,13-14,16H2,1-3H3/t19-/m0/s1. The molecule has 28 heavy (non-hydrogen) atoms. The first-order chi connectivity index (χ1) is 13.5. The summed E-state index contributed by atoms with van der Waals surface area (Å²) in [6.45, 7) is 8.70. The van der Waals surface area contributed by atoms with Crippen LogP contribution in [0.5, 0.6) is 0 Å². The lowest BCUT2D eigenvalue weighted by molar-refractivity contribution is 0.0656. The summed E-state index contributed by atoms with van der Waals surface area (Å²) in [5, 5.41) is 4.63. The number of likely N-dealkylation sites (tertiary alicyclic amines) is 1. The number of piperidine rings is 1. The number of aromatic nitrogens is 2. The second-order valence-corrected chi connectivity index (χ2v) is 8.36. The lowest BCUT2D eigenvalue weighted by Gasteiger charge is -2.33. The molecule has 1 aromatic heterocycles. The number of halogens is 1. The van der Waals surface area contributed by atoms with E-state index in [9.17, 15) is 9.18 Å². The third kappa shape index (κ3) is 5.21. The summed E-state index contributed by atoms with van der Waals surface area (Å²) in [4.78, 5) is 15.2. The van der Waals surface area contributed by atoms with E-state index in [4.69, 9.17) is 0 Å². The van der Waals surface area contributed by atoms with Crippen molar-refractivity contribution < 1.29 is 9.18 Å². The molecule has 0 spiro atoms. The smallest absolute Gasteiger partial charge is 0.272 e. The van der Waals surface area contributed by atoms with E-state index in [1.165, 1.54) is 12.1 Å². The maximum absolute atomic E-state index is 13.2. The molecule has 5 heteroatoms. The van der Waals surface area contributed by atoms with Crippen LogP contribution in [-0.4, -0.2) is 33.7 Å². The first kappa shape index (κ1) is 20.6. The van der Waals surface area contributed by atoms with Gasteiger partial charge in [-0.1, -0.05) is 26.0 Å². The number of benzene rings is 1. The maximum Gasteiger partial charge on any atom is 0.272 e. The molecule has 4 nitrogen and oxygen atoms in total. The molecule has 152 valence electrons. The molecule has 0 radical (unpaired) electrons. The lowest BCUT2D eigenvalue weighted by Crippen LogP contribution is -2.40. The highest BCUT2D eigenvalue weighted by Gasteiger charge is 2.27. The highest BCUT2D eigenvalue weighted by molar-refractivity contribution is 5.92. The fourth-order valence-electron chi connectivity index (χ4n) is 4.07. The first-order valence-electron chi connectivity index (χ1n) is 10.6. The Hall–Kier alpha value is -2.17. The van der Waals surface area contributed by atoms with Crippen LogP contribution in [0.2, 0.25) is 0 Å². The average molecular weight is 386 g/mol. The van der Waals surface area contributed by atoms with Gasteiger partial charge < -0.3 is 4.90 Å². The largest absolute Gasteiger partial charge is 0.337 e. The monoisotopic (exact) mass is 385 g/mol. The van der Waals surface area contributed by atoms with E-state index in [-0.39, 0.29) is 11.7 Å². The van der Waals surface area contributed by atoms with Crippen molar-refractivity contribution in [3.8, 4) is 0 Å². The molecule has 1 saturated heterocycles. The Labute approximate surface area is 167 Å². The van der Waals surface area contributed by atoms with Gasteiger partial charge in [0, 0.05) is 19.6 Å². The maximum atomic E-state index is 13.2. The average Bonchev–Trinajstić information content (AvgIpc) is 3.09. The molecular weight excluding hydrogens is 353 g/mol. The van der Waals surface area contributed by atoms with Crippen LogP contribution < -0.4 is 0 Å². The van der Waals surface area contributed by atoms with Gasteiger partial charge in [0.2, 0.25) is 0 Å². The van der Waals surface area contributed by atoms with Crippen LogP contribution in [0.15, 0.2) is 30.3 Å². The molecule has 0 N–H and O–H groups in total. The SMILES string of the molecule is CCn1nc(CC(C)C)cc1C(=O)N1CCC[C@@H](CCc2ccc(F)cc2)C1. The van der Waals surface area contributed by atoms with Crippen LogP contribution in [-0.2, 0) is 19.4 Å². The number of carbonyl (C=O) groups excluding carboxylic acids is 1. The lowest BCUT2D eigenvalue weighted by atomic mass is 9.91. The van der Waals surface area contributed by atoms with Crippen molar-refractivity contribution in [2.24, 2.45) is 11.8 Å². The van der Waals surface area contributed by atoms with Crippen molar-refractivity contribution in [1.29, 1.82) is 0 Å². The van der Waals surface area contributed by atoms with Crippen molar-refractivity contribution in [2.45, 2.75) is 59.4 Å². The zero-order valence-electron chi connectivity index (χ0n) is 17.3. The second kappa shape index (κ2) is 9.35. The number of amides is 1. The highest BCUT2D eigenvalue weighted by atomic mass is 19.1. The summed E-state index contributed by atoms with van der Waals surface area (Å²) in [6.07, 6.45) is 5.04. The number of rotatable bonds is 7. The Balaban J connectivity index is 1.62. The molecule has 1 aliphatic rings. The molecular formula is C23H32FN3O. The van der Waals surface area contributed by atoms with Gasteiger partial charge in [-0.25, -0.2) is 4.39 Å². The van der Waals surface area contributed by atoms with Gasteiger partial charge in [0.05, 0.1) is 5.69 Å². The molecule has 1 amide bonds. The van der Waals surface area contributed by atoms with E-state index in [0.29, 0.717) is 18.4 Å². The van der Waals surface area contributed by atoms with E-state index in [0.717, 1.165) is 62.1 Å². The Morgan fingerprint density at radius 1 is 1.29 bits per heavy atom. The molecule has 1 atom stereocenters.